The predicted molar refractivity (Wildman–Crippen MR) is 57.1 cm³/mol. The molecule has 68 valence electrons. The Hall–Kier alpha value is 0.130. The Morgan fingerprint density at radius 1 is 1.50 bits per heavy atom. The molecule has 2 atom stereocenters. The molecule has 1 aliphatic carbocycles. The second kappa shape index (κ2) is 4.39. The van der Waals surface area contributed by atoms with Crippen LogP contribution in [0.3, 0.4) is 0 Å². The van der Waals surface area contributed by atoms with Crippen LogP contribution >= 0.6 is 22.6 Å². The van der Waals surface area contributed by atoms with Gasteiger partial charge in [0.15, 0.2) is 0 Å². The van der Waals surface area contributed by atoms with Crippen molar-refractivity contribution >= 4 is 22.6 Å². The summed E-state index contributed by atoms with van der Waals surface area (Å²) >= 11 is 2.22. The molecule has 2 N–H and O–H groups in total. The summed E-state index contributed by atoms with van der Waals surface area (Å²) in [6, 6.07) is 0. The van der Waals surface area contributed by atoms with Gasteiger partial charge in [0, 0.05) is 0 Å². The molecule has 0 aliphatic heterocycles. The topological polar surface area (TPSA) is 40.5 Å². The summed E-state index contributed by atoms with van der Waals surface area (Å²) in [5.74, 6) is 0. The third kappa shape index (κ3) is 2.31. The molecule has 0 bridgehead atoms. The molecule has 0 saturated carbocycles. The standard InChI is InChI=1S/C9H13IO2/c1-6(11)9(12)7-4-2-3-5-8(7)10/h2,4,6,9,11-12H,3,5H2,1H3/t6-,9+/m1/s1. The second-order valence-electron chi connectivity index (χ2n) is 2.99. The molecule has 0 aromatic carbocycles. The van der Waals surface area contributed by atoms with Crippen molar-refractivity contribution in [3.8, 4) is 0 Å². The van der Waals surface area contributed by atoms with Crippen LogP contribution in [-0.2, 0) is 0 Å². The van der Waals surface area contributed by atoms with Crippen LogP contribution < -0.4 is 0 Å². The molecule has 1 rings (SSSR count). The third-order valence-corrected chi connectivity index (χ3v) is 3.08. The molecule has 0 heterocycles. The summed E-state index contributed by atoms with van der Waals surface area (Å²) in [4.78, 5) is 0. The third-order valence-electron chi connectivity index (χ3n) is 1.92. The lowest BCUT2D eigenvalue weighted by molar-refractivity contribution is 0.0563. The van der Waals surface area contributed by atoms with Crippen molar-refractivity contribution in [2.24, 2.45) is 0 Å². The van der Waals surface area contributed by atoms with Crippen LogP contribution in [0, 0.1) is 0 Å². The maximum Gasteiger partial charge on any atom is 0.105 e. The molecule has 2 nitrogen and oxygen atoms in total. The summed E-state index contributed by atoms with van der Waals surface area (Å²) < 4.78 is 1.16. The van der Waals surface area contributed by atoms with E-state index in [0.29, 0.717) is 0 Å². The van der Waals surface area contributed by atoms with Gasteiger partial charge in [0.25, 0.3) is 0 Å². The van der Waals surface area contributed by atoms with Gasteiger partial charge in [-0.3, -0.25) is 0 Å². The molecule has 3 heteroatoms. The van der Waals surface area contributed by atoms with Crippen molar-refractivity contribution < 1.29 is 10.2 Å². The van der Waals surface area contributed by atoms with Gasteiger partial charge in [0.1, 0.15) is 6.10 Å². The van der Waals surface area contributed by atoms with Crippen LogP contribution in [0.2, 0.25) is 0 Å². The highest BCUT2D eigenvalue weighted by atomic mass is 127. The maximum absolute atomic E-state index is 9.56. The van der Waals surface area contributed by atoms with Gasteiger partial charge in [-0.15, -0.1) is 0 Å². The molecule has 1 aliphatic rings. The van der Waals surface area contributed by atoms with Crippen LogP contribution in [-0.4, -0.2) is 22.4 Å². The SMILES string of the molecule is C[C@@H](O)[C@H](O)C1=C(I)CCC=C1. The first-order valence-electron chi connectivity index (χ1n) is 4.04. The molecule has 12 heavy (non-hydrogen) atoms. The highest BCUT2D eigenvalue weighted by Crippen LogP contribution is 2.27. The second-order valence-corrected chi connectivity index (χ2v) is 4.29. The molecule has 0 unspecified atom stereocenters. The average Bonchev–Trinajstić information content (AvgIpc) is 2.04. The quantitative estimate of drug-likeness (QED) is 0.757. The van der Waals surface area contributed by atoms with E-state index in [0.717, 1.165) is 22.0 Å². The number of allylic oxidation sites excluding steroid dienone is 2. The molecule has 0 aromatic heterocycles. The Morgan fingerprint density at radius 2 is 2.17 bits per heavy atom. The lowest BCUT2D eigenvalue weighted by Gasteiger charge is -2.19. The van der Waals surface area contributed by atoms with Crippen molar-refractivity contribution in [1.82, 2.24) is 0 Å². The normalized spacial score (nSPS) is 22.7. The summed E-state index contributed by atoms with van der Waals surface area (Å²) in [6.45, 7) is 1.60. The van der Waals surface area contributed by atoms with Gasteiger partial charge in [-0.25, -0.2) is 0 Å². The maximum atomic E-state index is 9.56. The summed E-state index contributed by atoms with van der Waals surface area (Å²) in [6.07, 6.45) is 4.54. The number of halogens is 1. The van der Waals surface area contributed by atoms with Crippen molar-refractivity contribution in [2.45, 2.75) is 32.0 Å². The van der Waals surface area contributed by atoms with E-state index in [4.69, 9.17) is 5.11 Å². The van der Waals surface area contributed by atoms with Crippen molar-refractivity contribution in [3.05, 3.63) is 21.3 Å². The smallest absolute Gasteiger partial charge is 0.105 e. The highest BCUT2D eigenvalue weighted by molar-refractivity contribution is 14.1. The Balaban J connectivity index is 2.78. The van der Waals surface area contributed by atoms with Crippen molar-refractivity contribution in [2.75, 3.05) is 0 Å². The van der Waals surface area contributed by atoms with E-state index in [1.165, 1.54) is 0 Å². The first kappa shape index (κ1) is 10.2. The van der Waals surface area contributed by atoms with E-state index < -0.39 is 12.2 Å². The highest BCUT2D eigenvalue weighted by Gasteiger charge is 2.18. The fraction of sp³-hybridized carbons (Fsp3) is 0.556. The largest absolute Gasteiger partial charge is 0.390 e. The zero-order valence-electron chi connectivity index (χ0n) is 7.00. The lowest BCUT2D eigenvalue weighted by atomic mass is 9.99. The predicted octanol–water partition coefficient (Wildman–Crippen LogP) is 1.77. The summed E-state index contributed by atoms with van der Waals surface area (Å²) in [5, 5.41) is 18.7. The van der Waals surface area contributed by atoms with E-state index in [-0.39, 0.29) is 0 Å². The van der Waals surface area contributed by atoms with Crippen LogP contribution in [0.1, 0.15) is 19.8 Å². The minimum absolute atomic E-state index is 0.687. The van der Waals surface area contributed by atoms with E-state index in [2.05, 4.69) is 22.6 Å². The van der Waals surface area contributed by atoms with Gasteiger partial charge in [-0.2, -0.15) is 0 Å². The van der Waals surface area contributed by atoms with Crippen LogP contribution in [0.5, 0.6) is 0 Å². The van der Waals surface area contributed by atoms with E-state index in [1.54, 1.807) is 6.92 Å². The van der Waals surface area contributed by atoms with E-state index in [1.807, 2.05) is 12.2 Å². The van der Waals surface area contributed by atoms with Gasteiger partial charge in [-0.05, 0) is 51.5 Å². The molecule has 0 amide bonds. The zero-order chi connectivity index (χ0) is 9.14. The van der Waals surface area contributed by atoms with Crippen molar-refractivity contribution in [3.63, 3.8) is 0 Å². The summed E-state index contributed by atoms with van der Waals surface area (Å²) in [5.41, 5.74) is 0.872. The van der Waals surface area contributed by atoms with Gasteiger partial charge < -0.3 is 10.2 Å². The average molecular weight is 280 g/mol. The number of rotatable bonds is 2. The molecular weight excluding hydrogens is 267 g/mol. The van der Waals surface area contributed by atoms with E-state index >= 15 is 0 Å². The first-order chi connectivity index (χ1) is 5.63. The fourth-order valence-corrected chi connectivity index (χ4v) is 1.98. The van der Waals surface area contributed by atoms with Crippen LogP contribution in [0.15, 0.2) is 21.3 Å². The molecule has 0 spiro atoms. The fourth-order valence-electron chi connectivity index (χ4n) is 1.17. The molecular formula is C9H13IO2. The minimum atomic E-state index is -0.728. The zero-order valence-corrected chi connectivity index (χ0v) is 9.15. The Morgan fingerprint density at radius 3 is 2.67 bits per heavy atom. The Bertz CT molecular complexity index is 219. The van der Waals surface area contributed by atoms with Gasteiger partial charge >= 0.3 is 0 Å². The molecule has 0 aromatic rings. The van der Waals surface area contributed by atoms with Gasteiger partial charge in [-0.1, -0.05) is 12.2 Å². The minimum Gasteiger partial charge on any atom is -0.390 e. The lowest BCUT2D eigenvalue weighted by Crippen LogP contribution is -2.25. The molecule has 0 fully saturated rings. The van der Waals surface area contributed by atoms with Crippen molar-refractivity contribution in [1.29, 1.82) is 0 Å². The summed E-state index contributed by atoms with van der Waals surface area (Å²) in [7, 11) is 0. The number of hydrogen-bond acceptors (Lipinski definition) is 2. The van der Waals surface area contributed by atoms with Crippen LogP contribution in [0.4, 0.5) is 0 Å². The van der Waals surface area contributed by atoms with Gasteiger partial charge in [0.2, 0.25) is 0 Å². The van der Waals surface area contributed by atoms with Gasteiger partial charge in [0.05, 0.1) is 6.10 Å². The number of hydrogen-bond donors (Lipinski definition) is 2. The van der Waals surface area contributed by atoms with E-state index in [9.17, 15) is 5.11 Å². The number of aliphatic hydroxyl groups excluding tert-OH is 2. The first-order valence-corrected chi connectivity index (χ1v) is 5.12. The Kier molecular flexibility index (Phi) is 3.74. The van der Waals surface area contributed by atoms with Crippen LogP contribution in [0.25, 0.3) is 0 Å². The molecule has 0 radical (unpaired) electrons. The number of aliphatic hydroxyl groups is 2. The monoisotopic (exact) mass is 280 g/mol. The molecule has 0 saturated heterocycles. The Labute approximate surface area is 86.1 Å².